The van der Waals surface area contributed by atoms with Crippen molar-refractivity contribution in [3.8, 4) is 0 Å². The summed E-state index contributed by atoms with van der Waals surface area (Å²) in [5.41, 5.74) is 0.114. The number of carbonyl (C=O) groups is 2. The molecule has 1 fully saturated rings. The average Bonchev–Trinajstić information content (AvgIpc) is 2.54. The minimum Gasteiger partial charge on any atom is -0.379 e. The number of morpholine rings is 1. The maximum absolute atomic E-state index is 13.8. The summed E-state index contributed by atoms with van der Waals surface area (Å²) in [6.07, 6.45) is 0. The van der Waals surface area contributed by atoms with Crippen LogP contribution >= 0.6 is 0 Å². The summed E-state index contributed by atoms with van der Waals surface area (Å²) in [4.78, 5) is 27.1. The third-order valence-corrected chi connectivity index (χ3v) is 3.68. The molecule has 1 heterocycles. The largest absolute Gasteiger partial charge is 0.379 e. The van der Waals surface area contributed by atoms with Crippen molar-refractivity contribution in [3.05, 3.63) is 30.1 Å². The molecule has 1 aromatic rings. The van der Waals surface area contributed by atoms with Gasteiger partial charge in [0, 0.05) is 33.1 Å². The molecule has 0 spiro atoms. The second kappa shape index (κ2) is 8.59. The molecule has 1 saturated heterocycles. The predicted molar refractivity (Wildman–Crippen MR) is 84.7 cm³/mol. The number of hydrogen-bond acceptors (Lipinski definition) is 4. The summed E-state index contributed by atoms with van der Waals surface area (Å²) in [5.74, 6) is -1.21. The highest BCUT2D eigenvalue weighted by Gasteiger charge is 2.18. The molecule has 6 nitrogen and oxygen atoms in total. The zero-order valence-corrected chi connectivity index (χ0v) is 13.3. The van der Waals surface area contributed by atoms with Crippen LogP contribution in [0.25, 0.3) is 0 Å². The Morgan fingerprint density at radius 3 is 2.65 bits per heavy atom. The van der Waals surface area contributed by atoms with Crippen LogP contribution in [0.4, 0.5) is 10.1 Å². The number of hydrogen-bond donors (Lipinski definition) is 1. The normalized spacial score (nSPS) is 15.2. The maximum Gasteiger partial charge on any atom is 0.240 e. The molecule has 0 saturated carbocycles. The second-order valence-electron chi connectivity index (χ2n) is 5.36. The Balaban J connectivity index is 1.84. The number of carbonyl (C=O) groups excluding carboxylic acids is 2. The Hall–Kier alpha value is -1.99. The zero-order valence-electron chi connectivity index (χ0n) is 13.3. The molecule has 0 aliphatic carbocycles. The predicted octanol–water partition coefficient (Wildman–Crippen LogP) is 0.627. The Bertz CT molecular complexity index is 547. The summed E-state index contributed by atoms with van der Waals surface area (Å²) in [6.45, 7) is 5.46. The van der Waals surface area contributed by atoms with Crippen molar-refractivity contribution in [2.45, 2.75) is 6.92 Å². The maximum atomic E-state index is 13.8. The van der Waals surface area contributed by atoms with Crippen LogP contribution in [0.2, 0.25) is 0 Å². The van der Waals surface area contributed by atoms with E-state index in [1.807, 2.05) is 0 Å². The van der Waals surface area contributed by atoms with E-state index >= 15 is 0 Å². The smallest absolute Gasteiger partial charge is 0.240 e. The van der Waals surface area contributed by atoms with Crippen LogP contribution in [-0.2, 0) is 14.3 Å². The van der Waals surface area contributed by atoms with Crippen molar-refractivity contribution >= 4 is 17.5 Å². The van der Waals surface area contributed by atoms with Gasteiger partial charge in [0.1, 0.15) is 12.4 Å². The van der Waals surface area contributed by atoms with Crippen molar-refractivity contribution in [1.82, 2.24) is 10.2 Å². The van der Waals surface area contributed by atoms with Gasteiger partial charge >= 0.3 is 0 Å². The lowest BCUT2D eigenvalue weighted by Crippen LogP contribution is -2.44. The van der Waals surface area contributed by atoms with E-state index in [0.29, 0.717) is 19.8 Å². The van der Waals surface area contributed by atoms with Gasteiger partial charge in [-0.1, -0.05) is 12.1 Å². The minimum absolute atomic E-state index is 0.114. The van der Waals surface area contributed by atoms with Gasteiger partial charge in [-0.3, -0.25) is 14.5 Å². The van der Waals surface area contributed by atoms with Crippen LogP contribution in [0, 0.1) is 5.82 Å². The first-order valence-electron chi connectivity index (χ1n) is 7.67. The third-order valence-electron chi connectivity index (χ3n) is 3.68. The summed E-state index contributed by atoms with van der Waals surface area (Å²) < 4.78 is 19.1. The molecule has 0 bridgehead atoms. The van der Waals surface area contributed by atoms with Crippen LogP contribution in [0.15, 0.2) is 24.3 Å². The molecule has 1 N–H and O–H groups in total. The van der Waals surface area contributed by atoms with Gasteiger partial charge in [0.05, 0.1) is 18.9 Å². The average molecular weight is 323 g/mol. The summed E-state index contributed by atoms with van der Waals surface area (Å²) in [6, 6.07) is 5.92. The number of rotatable bonds is 6. The Kier molecular flexibility index (Phi) is 6.49. The fraction of sp³-hybridized carbons (Fsp3) is 0.500. The highest BCUT2D eigenvalue weighted by atomic mass is 19.1. The molecular formula is C16H22FN3O3. The van der Waals surface area contributed by atoms with E-state index in [1.54, 1.807) is 12.1 Å². The summed E-state index contributed by atoms with van der Waals surface area (Å²) in [5, 5.41) is 2.77. The first-order chi connectivity index (χ1) is 11.1. The lowest BCUT2D eigenvalue weighted by Gasteiger charge is -2.26. The first kappa shape index (κ1) is 17.4. The van der Waals surface area contributed by atoms with Crippen molar-refractivity contribution in [2.24, 2.45) is 0 Å². The Labute approximate surface area is 135 Å². The number of ether oxygens (including phenoxy) is 1. The fourth-order valence-corrected chi connectivity index (χ4v) is 2.41. The SMILES string of the molecule is CC(=O)N(CC(=O)NCCN1CCOCC1)c1ccccc1F. The van der Waals surface area contributed by atoms with Crippen molar-refractivity contribution in [1.29, 1.82) is 0 Å². The Morgan fingerprint density at radius 2 is 2.00 bits per heavy atom. The second-order valence-corrected chi connectivity index (χ2v) is 5.36. The molecule has 1 aliphatic rings. The van der Waals surface area contributed by atoms with Crippen LogP contribution in [0.5, 0.6) is 0 Å². The van der Waals surface area contributed by atoms with E-state index in [1.165, 1.54) is 19.1 Å². The van der Waals surface area contributed by atoms with Crippen molar-refractivity contribution in [2.75, 3.05) is 50.8 Å². The van der Waals surface area contributed by atoms with Gasteiger partial charge in [-0.25, -0.2) is 4.39 Å². The molecule has 126 valence electrons. The number of para-hydroxylation sites is 1. The molecule has 0 unspecified atom stereocenters. The van der Waals surface area contributed by atoms with Gasteiger partial charge in [-0.15, -0.1) is 0 Å². The molecular weight excluding hydrogens is 301 g/mol. The van der Waals surface area contributed by atoms with E-state index in [9.17, 15) is 14.0 Å². The third kappa shape index (κ3) is 5.30. The fourth-order valence-electron chi connectivity index (χ4n) is 2.41. The molecule has 1 aliphatic heterocycles. The summed E-state index contributed by atoms with van der Waals surface area (Å²) in [7, 11) is 0. The molecule has 2 amide bonds. The molecule has 2 rings (SSSR count). The molecule has 1 aromatic carbocycles. The molecule has 7 heteroatoms. The minimum atomic E-state index is -0.524. The van der Waals surface area contributed by atoms with Gasteiger partial charge in [-0.2, -0.15) is 0 Å². The topological polar surface area (TPSA) is 61.9 Å². The number of nitrogens with zero attached hydrogens (tertiary/aromatic N) is 2. The zero-order chi connectivity index (χ0) is 16.7. The lowest BCUT2D eigenvalue weighted by atomic mass is 10.2. The van der Waals surface area contributed by atoms with E-state index in [0.717, 1.165) is 24.5 Å². The van der Waals surface area contributed by atoms with Crippen LogP contribution in [-0.4, -0.2) is 62.7 Å². The highest BCUT2D eigenvalue weighted by Crippen LogP contribution is 2.18. The van der Waals surface area contributed by atoms with Gasteiger partial charge in [-0.05, 0) is 12.1 Å². The summed E-state index contributed by atoms with van der Waals surface area (Å²) >= 11 is 0. The molecule has 0 aromatic heterocycles. The van der Waals surface area contributed by atoms with Gasteiger partial charge in [0.2, 0.25) is 11.8 Å². The van der Waals surface area contributed by atoms with Crippen molar-refractivity contribution in [3.63, 3.8) is 0 Å². The lowest BCUT2D eigenvalue weighted by molar-refractivity contribution is -0.123. The number of halogens is 1. The monoisotopic (exact) mass is 323 g/mol. The van der Waals surface area contributed by atoms with Crippen molar-refractivity contribution < 1.29 is 18.7 Å². The first-order valence-corrected chi connectivity index (χ1v) is 7.67. The van der Waals surface area contributed by atoms with Gasteiger partial charge in [0.15, 0.2) is 0 Å². The van der Waals surface area contributed by atoms with E-state index < -0.39 is 5.82 Å². The van der Waals surface area contributed by atoms with E-state index in [-0.39, 0.29) is 24.0 Å². The molecule has 23 heavy (non-hydrogen) atoms. The number of benzene rings is 1. The number of amides is 2. The van der Waals surface area contributed by atoms with Crippen LogP contribution in [0.1, 0.15) is 6.92 Å². The highest BCUT2D eigenvalue weighted by molar-refractivity contribution is 5.97. The number of anilines is 1. The standard InChI is InChI=1S/C16H22FN3O3/c1-13(21)20(15-5-3-2-4-14(15)17)12-16(22)18-6-7-19-8-10-23-11-9-19/h2-5H,6-12H2,1H3,(H,18,22). The number of nitrogens with one attached hydrogen (secondary N) is 1. The van der Waals surface area contributed by atoms with Crippen LogP contribution in [0.3, 0.4) is 0 Å². The van der Waals surface area contributed by atoms with E-state index in [2.05, 4.69) is 10.2 Å². The quantitative estimate of drug-likeness (QED) is 0.834. The van der Waals surface area contributed by atoms with E-state index in [4.69, 9.17) is 4.74 Å². The molecule has 0 atom stereocenters. The Morgan fingerprint density at radius 1 is 1.30 bits per heavy atom. The van der Waals surface area contributed by atoms with Gasteiger partial charge < -0.3 is 15.0 Å². The van der Waals surface area contributed by atoms with Gasteiger partial charge in [0.25, 0.3) is 0 Å². The van der Waals surface area contributed by atoms with Crippen LogP contribution < -0.4 is 10.2 Å². The molecule has 0 radical (unpaired) electrons.